The Kier molecular flexibility index (Phi) is 4.23. The molecule has 128 valence electrons. The van der Waals surface area contributed by atoms with E-state index in [9.17, 15) is 9.59 Å². The molecule has 8 nitrogen and oxygen atoms in total. The first-order valence-corrected chi connectivity index (χ1v) is 7.94. The van der Waals surface area contributed by atoms with E-state index in [0.29, 0.717) is 23.4 Å². The summed E-state index contributed by atoms with van der Waals surface area (Å²) in [6, 6.07) is 8.04. The third-order valence-corrected chi connectivity index (χ3v) is 4.14. The third-order valence-electron chi connectivity index (χ3n) is 4.14. The van der Waals surface area contributed by atoms with E-state index in [2.05, 4.69) is 15.5 Å². The van der Waals surface area contributed by atoms with Crippen molar-refractivity contribution in [3.8, 4) is 6.07 Å². The highest BCUT2D eigenvalue weighted by Gasteiger charge is 2.49. The van der Waals surface area contributed by atoms with Crippen molar-refractivity contribution < 1.29 is 14.1 Å². The Labute approximate surface area is 144 Å². The largest absolute Gasteiger partial charge is 0.337 e. The number of imide groups is 1. The molecule has 1 aliphatic rings. The van der Waals surface area contributed by atoms with Crippen LogP contribution in [0.15, 0.2) is 28.8 Å². The van der Waals surface area contributed by atoms with Crippen molar-refractivity contribution in [2.24, 2.45) is 0 Å². The molecule has 1 atom stereocenters. The van der Waals surface area contributed by atoms with Gasteiger partial charge in [-0.1, -0.05) is 24.2 Å². The Bertz CT molecular complexity index is 852. The average molecular weight is 339 g/mol. The lowest BCUT2D eigenvalue weighted by Gasteiger charge is -2.21. The third kappa shape index (κ3) is 2.96. The van der Waals surface area contributed by atoms with Crippen LogP contribution in [-0.4, -0.2) is 27.0 Å². The number of benzene rings is 1. The van der Waals surface area contributed by atoms with Gasteiger partial charge in [-0.3, -0.25) is 9.69 Å². The van der Waals surface area contributed by atoms with Crippen LogP contribution in [0.1, 0.15) is 43.1 Å². The first-order valence-electron chi connectivity index (χ1n) is 7.94. The zero-order chi connectivity index (χ0) is 18.0. The number of nitrogens with one attached hydrogen (secondary N) is 1. The minimum absolute atomic E-state index is 0.0761. The molecule has 0 saturated carbocycles. The second-order valence-electron chi connectivity index (χ2n) is 5.99. The van der Waals surface area contributed by atoms with Crippen molar-refractivity contribution >= 4 is 11.9 Å². The summed E-state index contributed by atoms with van der Waals surface area (Å²) in [5.41, 5.74) is -0.114. The molecule has 2 heterocycles. The topological polar surface area (TPSA) is 112 Å². The van der Waals surface area contributed by atoms with Crippen molar-refractivity contribution in [3.05, 3.63) is 47.1 Å². The number of urea groups is 1. The molecule has 0 spiro atoms. The van der Waals surface area contributed by atoms with Gasteiger partial charge in [-0.05, 0) is 31.0 Å². The molecule has 3 rings (SSSR count). The van der Waals surface area contributed by atoms with Gasteiger partial charge in [0.2, 0.25) is 5.89 Å². The van der Waals surface area contributed by atoms with E-state index in [4.69, 9.17) is 9.78 Å². The van der Waals surface area contributed by atoms with Crippen LogP contribution in [-0.2, 0) is 23.3 Å². The Balaban J connectivity index is 1.82. The van der Waals surface area contributed by atoms with E-state index in [1.807, 2.05) is 13.0 Å². The summed E-state index contributed by atoms with van der Waals surface area (Å²) in [5, 5.41) is 15.4. The molecule has 1 fully saturated rings. The molecule has 1 saturated heterocycles. The second kappa shape index (κ2) is 6.36. The number of aryl methyl sites for hydroxylation is 1. The van der Waals surface area contributed by atoms with E-state index in [1.54, 1.807) is 31.2 Å². The number of hydrogen-bond donors (Lipinski definition) is 1. The molecular weight excluding hydrogens is 322 g/mol. The summed E-state index contributed by atoms with van der Waals surface area (Å²) in [6.45, 7) is 3.55. The molecule has 1 aliphatic heterocycles. The zero-order valence-corrected chi connectivity index (χ0v) is 13.9. The highest BCUT2D eigenvalue weighted by molar-refractivity contribution is 6.07. The summed E-state index contributed by atoms with van der Waals surface area (Å²) in [6.07, 6.45) is 1.55. The molecule has 0 unspecified atom stereocenters. The molecule has 0 aliphatic carbocycles. The molecule has 2 aromatic rings. The smallest absolute Gasteiger partial charge is 0.325 e. The molecule has 1 aromatic carbocycles. The van der Waals surface area contributed by atoms with Crippen LogP contribution in [0.3, 0.4) is 0 Å². The van der Waals surface area contributed by atoms with E-state index in [0.717, 1.165) is 11.3 Å². The fraction of sp³-hybridized carbons (Fsp3) is 0.353. The maximum atomic E-state index is 12.8. The Morgan fingerprint density at radius 1 is 1.32 bits per heavy atom. The molecule has 0 radical (unpaired) electrons. The SMILES string of the molecule is CCCc1noc(CN2C(=O)N[C@@](C)(c3ccc(C#N)cc3)C2=O)n1. The van der Waals surface area contributed by atoms with Crippen LogP contribution in [0, 0.1) is 11.3 Å². The first-order chi connectivity index (χ1) is 12.0. The van der Waals surface area contributed by atoms with Crippen LogP contribution < -0.4 is 5.32 Å². The van der Waals surface area contributed by atoms with E-state index in [1.165, 1.54) is 0 Å². The molecule has 8 heteroatoms. The van der Waals surface area contributed by atoms with Crippen molar-refractivity contribution in [1.29, 1.82) is 5.26 Å². The minimum atomic E-state index is -1.20. The van der Waals surface area contributed by atoms with Crippen LogP contribution in [0.5, 0.6) is 0 Å². The fourth-order valence-corrected chi connectivity index (χ4v) is 2.73. The van der Waals surface area contributed by atoms with Gasteiger partial charge in [-0.15, -0.1) is 0 Å². The van der Waals surface area contributed by atoms with Gasteiger partial charge < -0.3 is 9.84 Å². The Morgan fingerprint density at radius 3 is 2.68 bits per heavy atom. The molecule has 3 amide bonds. The summed E-state index contributed by atoms with van der Waals surface area (Å²) in [4.78, 5) is 30.3. The number of nitriles is 1. The normalized spacial score (nSPS) is 19.8. The quantitative estimate of drug-likeness (QED) is 0.832. The predicted octanol–water partition coefficient (Wildman–Crippen LogP) is 1.86. The first kappa shape index (κ1) is 16.6. The molecule has 1 aromatic heterocycles. The Morgan fingerprint density at radius 2 is 2.04 bits per heavy atom. The summed E-state index contributed by atoms with van der Waals surface area (Å²) >= 11 is 0. The maximum absolute atomic E-state index is 12.8. The van der Waals surface area contributed by atoms with Crippen LogP contribution >= 0.6 is 0 Å². The van der Waals surface area contributed by atoms with Crippen molar-refractivity contribution in [3.63, 3.8) is 0 Å². The number of amides is 3. The Hall–Kier alpha value is -3.21. The maximum Gasteiger partial charge on any atom is 0.325 e. The highest BCUT2D eigenvalue weighted by Crippen LogP contribution is 2.29. The molecule has 25 heavy (non-hydrogen) atoms. The summed E-state index contributed by atoms with van der Waals surface area (Å²) in [7, 11) is 0. The van der Waals surface area contributed by atoms with Gasteiger partial charge in [0.05, 0.1) is 11.6 Å². The lowest BCUT2D eigenvalue weighted by Crippen LogP contribution is -2.40. The number of aromatic nitrogens is 2. The molecular formula is C17H17N5O3. The second-order valence-corrected chi connectivity index (χ2v) is 5.99. The summed E-state index contributed by atoms with van der Waals surface area (Å²) in [5.74, 6) is 0.368. The number of rotatable bonds is 5. The van der Waals surface area contributed by atoms with Crippen molar-refractivity contribution in [2.75, 3.05) is 0 Å². The molecule has 1 N–H and O–H groups in total. The van der Waals surface area contributed by atoms with Crippen LogP contribution in [0.4, 0.5) is 4.79 Å². The number of nitrogens with zero attached hydrogens (tertiary/aromatic N) is 4. The number of carbonyl (C=O) groups is 2. The van der Waals surface area contributed by atoms with Gasteiger partial charge in [-0.25, -0.2) is 4.79 Å². The van der Waals surface area contributed by atoms with Crippen molar-refractivity contribution in [1.82, 2.24) is 20.4 Å². The average Bonchev–Trinajstić information content (AvgIpc) is 3.14. The lowest BCUT2D eigenvalue weighted by atomic mass is 9.91. The van der Waals surface area contributed by atoms with Crippen molar-refractivity contribution in [2.45, 2.75) is 38.8 Å². The van der Waals surface area contributed by atoms with Crippen LogP contribution in [0.2, 0.25) is 0 Å². The monoisotopic (exact) mass is 339 g/mol. The van der Waals surface area contributed by atoms with E-state index < -0.39 is 17.5 Å². The highest BCUT2D eigenvalue weighted by atomic mass is 16.5. The standard InChI is InChI=1S/C17H17N5O3/c1-3-4-13-19-14(25-21-13)10-22-15(23)17(2,20-16(22)24)12-7-5-11(9-18)6-8-12/h5-8H,3-4,10H2,1-2H3,(H,20,24)/t17-/m0/s1. The number of hydrogen-bond acceptors (Lipinski definition) is 6. The zero-order valence-electron chi connectivity index (χ0n) is 13.9. The van der Waals surface area contributed by atoms with Gasteiger partial charge in [0, 0.05) is 6.42 Å². The molecule has 0 bridgehead atoms. The van der Waals surface area contributed by atoms with E-state index >= 15 is 0 Å². The van der Waals surface area contributed by atoms with Gasteiger partial charge >= 0.3 is 6.03 Å². The minimum Gasteiger partial charge on any atom is -0.337 e. The van der Waals surface area contributed by atoms with Gasteiger partial charge in [-0.2, -0.15) is 10.2 Å². The number of carbonyl (C=O) groups excluding carboxylic acids is 2. The van der Waals surface area contributed by atoms with Gasteiger partial charge in [0.1, 0.15) is 12.1 Å². The lowest BCUT2D eigenvalue weighted by molar-refractivity contribution is -0.131. The fourth-order valence-electron chi connectivity index (χ4n) is 2.73. The van der Waals surface area contributed by atoms with E-state index in [-0.39, 0.29) is 12.4 Å². The van der Waals surface area contributed by atoms with Gasteiger partial charge in [0.15, 0.2) is 5.82 Å². The van der Waals surface area contributed by atoms with Crippen LogP contribution in [0.25, 0.3) is 0 Å². The predicted molar refractivity (Wildman–Crippen MR) is 85.9 cm³/mol. The summed E-state index contributed by atoms with van der Waals surface area (Å²) < 4.78 is 5.11. The van der Waals surface area contributed by atoms with Gasteiger partial charge in [0.25, 0.3) is 5.91 Å².